The van der Waals surface area contributed by atoms with Crippen molar-refractivity contribution in [3.8, 4) is 0 Å². The summed E-state index contributed by atoms with van der Waals surface area (Å²) in [5.41, 5.74) is 0.385. The zero-order chi connectivity index (χ0) is 14.8. The summed E-state index contributed by atoms with van der Waals surface area (Å²) in [5, 5.41) is 2.21. The molecule has 0 aliphatic carbocycles. The smallest absolute Gasteiger partial charge is 0.339 e. The molecule has 0 aliphatic heterocycles. The molecule has 3 heteroatoms. The van der Waals surface area contributed by atoms with Crippen LogP contribution in [0.2, 0.25) is 0 Å². The molecule has 0 heterocycles. The van der Waals surface area contributed by atoms with Crippen molar-refractivity contribution in [2.75, 3.05) is 7.11 Å². The summed E-state index contributed by atoms with van der Waals surface area (Å²) in [6.07, 6.45) is -0.704. The minimum absolute atomic E-state index is 0.379. The maximum atomic E-state index is 12.0. The number of carbonyl (C=O) groups excluding carboxylic acids is 1. The number of ether oxygens (including phenoxy) is 2. The molecule has 1 unspecified atom stereocenters. The summed E-state index contributed by atoms with van der Waals surface area (Å²) in [4.78, 5) is 12.0. The van der Waals surface area contributed by atoms with E-state index in [1.54, 1.807) is 0 Å². The van der Waals surface area contributed by atoms with Crippen molar-refractivity contribution in [3.05, 3.63) is 48.0 Å². The Balaban J connectivity index is 2.42. The minimum atomic E-state index is -0.704. The van der Waals surface area contributed by atoms with E-state index in [0.29, 0.717) is 0 Å². The molecule has 106 valence electrons. The third kappa shape index (κ3) is 3.36. The van der Waals surface area contributed by atoms with Crippen molar-refractivity contribution >= 4 is 16.7 Å². The predicted molar refractivity (Wildman–Crippen MR) is 79.5 cm³/mol. The van der Waals surface area contributed by atoms with Gasteiger partial charge in [0.25, 0.3) is 0 Å². The lowest BCUT2D eigenvalue weighted by Gasteiger charge is -2.26. The fourth-order valence-electron chi connectivity index (χ4n) is 2.08. The molecule has 0 bridgehead atoms. The van der Waals surface area contributed by atoms with Crippen molar-refractivity contribution in [2.24, 2.45) is 0 Å². The highest BCUT2D eigenvalue weighted by molar-refractivity contribution is 5.85. The summed E-state index contributed by atoms with van der Waals surface area (Å²) < 4.78 is 10.7. The quantitative estimate of drug-likeness (QED) is 0.796. The Labute approximate surface area is 119 Å². The van der Waals surface area contributed by atoms with E-state index in [1.807, 2.05) is 63.2 Å². The van der Waals surface area contributed by atoms with Crippen LogP contribution in [0.1, 0.15) is 32.4 Å². The van der Waals surface area contributed by atoms with Crippen LogP contribution in [0.3, 0.4) is 0 Å². The highest BCUT2D eigenvalue weighted by Gasteiger charge is 2.27. The van der Waals surface area contributed by atoms with Crippen LogP contribution in [-0.4, -0.2) is 18.7 Å². The van der Waals surface area contributed by atoms with E-state index in [4.69, 9.17) is 9.47 Å². The molecule has 3 nitrogen and oxygen atoms in total. The van der Waals surface area contributed by atoms with E-state index in [2.05, 4.69) is 0 Å². The Morgan fingerprint density at radius 2 is 1.70 bits per heavy atom. The lowest BCUT2D eigenvalue weighted by Crippen LogP contribution is -2.28. The van der Waals surface area contributed by atoms with E-state index in [1.165, 1.54) is 7.11 Å². The third-order valence-corrected chi connectivity index (χ3v) is 2.96. The summed E-state index contributed by atoms with van der Waals surface area (Å²) in [7, 11) is 1.38. The van der Waals surface area contributed by atoms with Gasteiger partial charge in [-0.25, -0.2) is 4.79 Å². The molecule has 0 radical (unpaired) electrons. The normalized spacial score (nSPS) is 13.2. The number of benzene rings is 2. The average Bonchev–Trinajstić information content (AvgIpc) is 2.42. The number of fused-ring (bicyclic) bond motifs is 1. The van der Waals surface area contributed by atoms with Gasteiger partial charge in [0, 0.05) is 0 Å². The van der Waals surface area contributed by atoms with Crippen LogP contribution in [0.4, 0.5) is 0 Å². The Morgan fingerprint density at radius 1 is 1.05 bits per heavy atom. The van der Waals surface area contributed by atoms with Crippen molar-refractivity contribution in [1.29, 1.82) is 0 Å². The number of hydrogen-bond acceptors (Lipinski definition) is 3. The topological polar surface area (TPSA) is 35.5 Å². The summed E-state index contributed by atoms with van der Waals surface area (Å²) in [6, 6.07) is 13.9. The summed E-state index contributed by atoms with van der Waals surface area (Å²) in [5.74, 6) is -0.379. The highest BCUT2D eigenvalue weighted by atomic mass is 16.6. The molecule has 20 heavy (non-hydrogen) atoms. The second-order valence-electron chi connectivity index (χ2n) is 5.74. The standard InChI is InChI=1S/C17H20O3/c1-17(2,3)20-15(16(18)19-4)14-10-9-12-7-5-6-8-13(12)11-14/h5-11,15H,1-4H3. The zero-order valence-electron chi connectivity index (χ0n) is 12.3. The monoisotopic (exact) mass is 272 g/mol. The lowest BCUT2D eigenvalue weighted by atomic mass is 10.0. The average molecular weight is 272 g/mol. The Kier molecular flexibility index (Phi) is 4.09. The van der Waals surface area contributed by atoms with E-state index in [0.717, 1.165) is 16.3 Å². The maximum Gasteiger partial charge on any atom is 0.339 e. The number of carbonyl (C=O) groups is 1. The van der Waals surface area contributed by atoms with Crippen LogP contribution in [0.5, 0.6) is 0 Å². The van der Waals surface area contributed by atoms with Crippen LogP contribution in [-0.2, 0) is 14.3 Å². The van der Waals surface area contributed by atoms with Gasteiger partial charge in [-0.2, -0.15) is 0 Å². The van der Waals surface area contributed by atoms with Gasteiger partial charge in [0.15, 0.2) is 6.10 Å². The fraction of sp³-hybridized carbons (Fsp3) is 0.353. The van der Waals surface area contributed by atoms with Gasteiger partial charge in [-0.3, -0.25) is 0 Å². The first-order valence-corrected chi connectivity index (χ1v) is 6.65. The number of methoxy groups -OCH3 is 1. The molecule has 0 saturated carbocycles. The van der Waals surface area contributed by atoms with Gasteiger partial charge in [-0.15, -0.1) is 0 Å². The molecule has 2 rings (SSSR count). The third-order valence-electron chi connectivity index (χ3n) is 2.96. The van der Waals surface area contributed by atoms with E-state index in [-0.39, 0.29) is 5.97 Å². The molecule has 1 atom stereocenters. The molecule has 0 amide bonds. The SMILES string of the molecule is COC(=O)C(OC(C)(C)C)c1ccc2ccccc2c1. The van der Waals surface area contributed by atoms with Crippen molar-refractivity contribution in [3.63, 3.8) is 0 Å². The second-order valence-corrected chi connectivity index (χ2v) is 5.74. The van der Waals surface area contributed by atoms with Crippen molar-refractivity contribution in [1.82, 2.24) is 0 Å². The van der Waals surface area contributed by atoms with Crippen LogP contribution < -0.4 is 0 Å². The highest BCUT2D eigenvalue weighted by Crippen LogP contribution is 2.27. The van der Waals surface area contributed by atoms with E-state index >= 15 is 0 Å². The molecule has 2 aromatic rings. The summed E-state index contributed by atoms with van der Waals surface area (Å²) in [6.45, 7) is 5.76. The minimum Gasteiger partial charge on any atom is -0.467 e. The Hall–Kier alpha value is -1.87. The molecule has 0 saturated heterocycles. The molecule has 0 fully saturated rings. The lowest BCUT2D eigenvalue weighted by molar-refractivity contribution is -0.164. The van der Waals surface area contributed by atoms with Gasteiger partial charge in [0.2, 0.25) is 0 Å². The molecule has 2 aromatic carbocycles. The first-order chi connectivity index (χ1) is 9.40. The van der Waals surface area contributed by atoms with Gasteiger partial charge >= 0.3 is 5.97 Å². The largest absolute Gasteiger partial charge is 0.467 e. The fourth-order valence-corrected chi connectivity index (χ4v) is 2.08. The molecular weight excluding hydrogens is 252 g/mol. The van der Waals surface area contributed by atoms with Gasteiger partial charge in [0.05, 0.1) is 12.7 Å². The Morgan fingerprint density at radius 3 is 2.30 bits per heavy atom. The van der Waals surface area contributed by atoms with Crippen molar-refractivity contribution < 1.29 is 14.3 Å². The molecule has 0 aliphatic rings. The number of esters is 1. The molecule has 0 N–H and O–H groups in total. The van der Waals surface area contributed by atoms with E-state index < -0.39 is 11.7 Å². The first-order valence-electron chi connectivity index (χ1n) is 6.65. The van der Waals surface area contributed by atoms with Gasteiger partial charge in [-0.1, -0.05) is 36.4 Å². The van der Waals surface area contributed by atoms with Crippen LogP contribution in [0.15, 0.2) is 42.5 Å². The molecular formula is C17H20O3. The number of hydrogen-bond donors (Lipinski definition) is 0. The van der Waals surface area contributed by atoms with Crippen LogP contribution in [0.25, 0.3) is 10.8 Å². The van der Waals surface area contributed by atoms with Gasteiger partial charge < -0.3 is 9.47 Å². The molecule has 0 spiro atoms. The summed E-state index contributed by atoms with van der Waals surface area (Å²) >= 11 is 0. The zero-order valence-corrected chi connectivity index (χ0v) is 12.3. The maximum absolute atomic E-state index is 12.0. The Bertz CT molecular complexity index is 611. The predicted octanol–water partition coefficient (Wildman–Crippen LogP) is 3.87. The molecule has 0 aromatic heterocycles. The second kappa shape index (κ2) is 5.63. The van der Waals surface area contributed by atoms with Gasteiger partial charge in [-0.05, 0) is 43.2 Å². The van der Waals surface area contributed by atoms with Crippen LogP contribution >= 0.6 is 0 Å². The number of rotatable bonds is 3. The van der Waals surface area contributed by atoms with Crippen LogP contribution in [0, 0.1) is 0 Å². The first kappa shape index (κ1) is 14.5. The van der Waals surface area contributed by atoms with E-state index in [9.17, 15) is 4.79 Å². The van der Waals surface area contributed by atoms with Crippen molar-refractivity contribution in [2.45, 2.75) is 32.5 Å². The van der Waals surface area contributed by atoms with Gasteiger partial charge in [0.1, 0.15) is 0 Å².